The Morgan fingerprint density at radius 1 is 1.31 bits per heavy atom. The predicted octanol–water partition coefficient (Wildman–Crippen LogP) is 1.60. The lowest BCUT2D eigenvalue weighted by atomic mass is 10.1. The van der Waals surface area contributed by atoms with Crippen LogP contribution in [0.5, 0.6) is 0 Å². The second kappa shape index (κ2) is 3.32. The number of hydrogen-bond donors (Lipinski definition) is 1. The molecule has 84 valence electrons. The molecule has 2 aliphatic rings. The molecular weight excluding hydrogens is 202 g/mol. The molecule has 1 aliphatic heterocycles. The number of Topliss-reactive ketones (excluding diaryl/α,β-unsaturated/α-hetero) is 1. The average Bonchev–Trinajstić information content (AvgIpc) is 3.06. The molecule has 0 saturated heterocycles. The Morgan fingerprint density at radius 3 is 2.75 bits per heavy atom. The Kier molecular flexibility index (Phi) is 2.04. The number of carbonyl (C=O) groups excluding carboxylic acids is 1. The fourth-order valence-electron chi connectivity index (χ4n) is 2.68. The highest BCUT2D eigenvalue weighted by Gasteiger charge is 2.59. The predicted molar refractivity (Wildman–Crippen MR) is 61.8 cm³/mol. The van der Waals surface area contributed by atoms with E-state index in [9.17, 15) is 4.79 Å². The SMILES string of the molecule is O=C1c2ccccc2N(CCCO)C12CC2. The Labute approximate surface area is 94.7 Å². The number of aliphatic hydroxyl groups is 1. The van der Waals surface area contributed by atoms with Gasteiger partial charge in [-0.3, -0.25) is 4.79 Å². The van der Waals surface area contributed by atoms with Gasteiger partial charge < -0.3 is 10.0 Å². The van der Waals surface area contributed by atoms with Crippen LogP contribution in [0.3, 0.4) is 0 Å². The number of para-hydroxylation sites is 1. The number of carbonyl (C=O) groups is 1. The van der Waals surface area contributed by atoms with E-state index in [0.29, 0.717) is 0 Å². The third kappa shape index (κ3) is 1.15. The number of hydrogen-bond acceptors (Lipinski definition) is 3. The van der Waals surface area contributed by atoms with Crippen LogP contribution < -0.4 is 4.90 Å². The van der Waals surface area contributed by atoms with Gasteiger partial charge in [-0.25, -0.2) is 0 Å². The summed E-state index contributed by atoms with van der Waals surface area (Å²) in [7, 11) is 0. The van der Waals surface area contributed by atoms with E-state index in [-0.39, 0.29) is 17.9 Å². The van der Waals surface area contributed by atoms with Crippen molar-refractivity contribution in [2.45, 2.75) is 24.8 Å². The molecule has 1 spiro atoms. The highest BCUT2D eigenvalue weighted by Crippen LogP contribution is 2.52. The average molecular weight is 217 g/mol. The second-order valence-corrected chi connectivity index (χ2v) is 4.61. The van der Waals surface area contributed by atoms with E-state index in [1.54, 1.807) is 0 Å². The maximum atomic E-state index is 12.3. The Balaban J connectivity index is 2.00. The maximum absolute atomic E-state index is 12.3. The number of fused-ring (bicyclic) bond motifs is 1. The summed E-state index contributed by atoms with van der Waals surface area (Å²) in [6.07, 6.45) is 2.65. The van der Waals surface area contributed by atoms with Gasteiger partial charge in [0.1, 0.15) is 5.54 Å². The highest BCUT2D eigenvalue weighted by molar-refractivity contribution is 6.15. The number of rotatable bonds is 3. The number of anilines is 1. The zero-order chi connectivity index (χ0) is 11.2. The molecule has 3 heteroatoms. The van der Waals surface area contributed by atoms with Gasteiger partial charge in [-0.2, -0.15) is 0 Å². The molecule has 0 radical (unpaired) electrons. The van der Waals surface area contributed by atoms with E-state index >= 15 is 0 Å². The van der Waals surface area contributed by atoms with Crippen molar-refractivity contribution in [2.24, 2.45) is 0 Å². The molecule has 1 saturated carbocycles. The minimum Gasteiger partial charge on any atom is -0.396 e. The van der Waals surface area contributed by atoms with Gasteiger partial charge in [-0.15, -0.1) is 0 Å². The molecule has 1 heterocycles. The Bertz CT molecular complexity index is 437. The normalized spacial score (nSPS) is 20.3. The van der Waals surface area contributed by atoms with E-state index in [1.165, 1.54) is 0 Å². The van der Waals surface area contributed by atoms with Crippen molar-refractivity contribution in [1.82, 2.24) is 0 Å². The van der Waals surface area contributed by atoms with Crippen molar-refractivity contribution in [3.8, 4) is 0 Å². The number of ketones is 1. The van der Waals surface area contributed by atoms with Crippen molar-refractivity contribution < 1.29 is 9.90 Å². The number of aliphatic hydroxyl groups excluding tert-OH is 1. The van der Waals surface area contributed by atoms with Gasteiger partial charge in [0.05, 0.1) is 0 Å². The lowest BCUT2D eigenvalue weighted by Gasteiger charge is -2.25. The summed E-state index contributed by atoms with van der Waals surface area (Å²) in [5.74, 6) is 0.279. The summed E-state index contributed by atoms with van der Waals surface area (Å²) in [5.41, 5.74) is 1.68. The molecule has 1 aliphatic carbocycles. The monoisotopic (exact) mass is 217 g/mol. The van der Waals surface area contributed by atoms with Gasteiger partial charge in [-0.05, 0) is 31.4 Å². The van der Waals surface area contributed by atoms with Crippen LogP contribution in [-0.4, -0.2) is 29.6 Å². The lowest BCUT2D eigenvalue weighted by Crippen LogP contribution is -2.38. The molecule has 16 heavy (non-hydrogen) atoms. The third-order valence-electron chi connectivity index (χ3n) is 3.64. The van der Waals surface area contributed by atoms with Crippen LogP contribution in [0, 0.1) is 0 Å². The van der Waals surface area contributed by atoms with Gasteiger partial charge in [0.2, 0.25) is 0 Å². The molecule has 1 fully saturated rings. The Morgan fingerprint density at radius 2 is 2.06 bits per heavy atom. The summed E-state index contributed by atoms with van der Waals surface area (Å²) in [6.45, 7) is 0.961. The van der Waals surface area contributed by atoms with Crippen molar-refractivity contribution >= 4 is 11.5 Å². The molecule has 0 aromatic heterocycles. The van der Waals surface area contributed by atoms with Crippen molar-refractivity contribution in [2.75, 3.05) is 18.1 Å². The van der Waals surface area contributed by atoms with Crippen molar-refractivity contribution in [1.29, 1.82) is 0 Å². The first-order valence-electron chi connectivity index (χ1n) is 5.82. The second-order valence-electron chi connectivity index (χ2n) is 4.61. The van der Waals surface area contributed by atoms with Gasteiger partial charge in [0.25, 0.3) is 0 Å². The van der Waals surface area contributed by atoms with Crippen LogP contribution in [0.2, 0.25) is 0 Å². The van der Waals surface area contributed by atoms with Crippen molar-refractivity contribution in [3.05, 3.63) is 29.8 Å². The van der Waals surface area contributed by atoms with E-state index in [2.05, 4.69) is 4.90 Å². The first-order chi connectivity index (χ1) is 7.79. The molecule has 1 aromatic rings. The van der Waals surface area contributed by atoms with E-state index in [4.69, 9.17) is 5.11 Å². The zero-order valence-corrected chi connectivity index (χ0v) is 9.15. The summed E-state index contributed by atoms with van der Waals surface area (Å²) < 4.78 is 0. The number of nitrogens with zero attached hydrogens (tertiary/aromatic N) is 1. The van der Waals surface area contributed by atoms with E-state index < -0.39 is 0 Å². The molecule has 0 atom stereocenters. The minimum atomic E-state index is -0.237. The summed E-state index contributed by atoms with van der Waals surface area (Å²) >= 11 is 0. The highest BCUT2D eigenvalue weighted by atomic mass is 16.3. The van der Waals surface area contributed by atoms with Crippen LogP contribution in [-0.2, 0) is 0 Å². The minimum absolute atomic E-state index is 0.183. The topological polar surface area (TPSA) is 40.5 Å². The van der Waals surface area contributed by atoms with E-state index in [1.807, 2.05) is 24.3 Å². The van der Waals surface area contributed by atoms with Crippen LogP contribution in [0.15, 0.2) is 24.3 Å². The van der Waals surface area contributed by atoms with Crippen LogP contribution in [0.1, 0.15) is 29.6 Å². The first kappa shape index (κ1) is 9.85. The lowest BCUT2D eigenvalue weighted by molar-refractivity contribution is 0.0958. The summed E-state index contributed by atoms with van der Waals surface area (Å²) in [4.78, 5) is 14.4. The quantitative estimate of drug-likeness (QED) is 0.836. The molecule has 1 N–H and O–H groups in total. The smallest absolute Gasteiger partial charge is 0.190 e. The van der Waals surface area contributed by atoms with Gasteiger partial charge in [-0.1, -0.05) is 12.1 Å². The third-order valence-corrected chi connectivity index (χ3v) is 3.64. The Hall–Kier alpha value is -1.35. The van der Waals surface area contributed by atoms with Crippen LogP contribution in [0.4, 0.5) is 5.69 Å². The zero-order valence-electron chi connectivity index (χ0n) is 9.15. The maximum Gasteiger partial charge on any atom is 0.190 e. The van der Waals surface area contributed by atoms with Gasteiger partial charge >= 0.3 is 0 Å². The van der Waals surface area contributed by atoms with Crippen molar-refractivity contribution in [3.63, 3.8) is 0 Å². The molecular formula is C13H15NO2. The van der Waals surface area contributed by atoms with Gasteiger partial charge in [0.15, 0.2) is 5.78 Å². The largest absolute Gasteiger partial charge is 0.396 e. The summed E-state index contributed by atoms with van der Waals surface area (Å²) in [6, 6.07) is 7.82. The fourth-order valence-corrected chi connectivity index (χ4v) is 2.68. The molecule has 3 nitrogen and oxygen atoms in total. The number of benzene rings is 1. The molecule has 0 unspecified atom stereocenters. The molecule has 0 amide bonds. The molecule has 3 rings (SSSR count). The van der Waals surface area contributed by atoms with Gasteiger partial charge in [0, 0.05) is 24.4 Å². The fraction of sp³-hybridized carbons (Fsp3) is 0.462. The first-order valence-corrected chi connectivity index (χ1v) is 5.82. The standard InChI is InChI=1S/C13H15NO2/c15-9-3-8-14-11-5-2-1-4-10(11)12(16)13(14)6-7-13/h1-2,4-5,15H,3,6-9H2. The van der Waals surface area contributed by atoms with Crippen LogP contribution in [0.25, 0.3) is 0 Å². The molecule has 0 bridgehead atoms. The molecule has 1 aromatic carbocycles. The summed E-state index contributed by atoms with van der Waals surface area (Å²) in [5, 5.41) is 8.92. The van der Waals surface area contributed by atoms with Crippen LogP contribution >= 0.6 is 0 Å². The van der Waals surface area contributed by atoms with E-state index in [0.717, 1.165) is 37.1 Å².